The number of aromatic nitrogens is 2. The first-order valence-corrected chi connectivity index (χ1v) is 5.69. The first kappa shape index (κ1) is 14.0. The molecule has 0 aliphatic heterocycles. The Hall–Kier alpha value is -2.38. The van der Waals surface area contributed by atoms with Crippen LogP contribution >= 0.6 is 0 Å². The van der Waals surface area contributed by atoms with E-state index in [2.05, 4.69) is 20.6 Å². The van der Waals surface area contributed by atoms with Crippen molar-refractivity contribution in [2.75, 3.05) is 17.2 Å². The van der Waals surface area contributed by atoms with Crippen molar-refractivity contribution in [2.24, 2.45) is 0 Å². The fraction of sp³-hybridized carbons (Fsp3) is 0.167. The molecule has 2 N–H and O–H groups in total. The van der Waals surface area contributed by atoms with Crippen LogP contribution < -0.4 is 10.6 Å². The number of rotatable bonds is 4. The minimum atomic E-state index is -1.59. The Morgan fingerprint density at radius 2 is 1.70 bits per heavy atom. The van der Waals surface area contributed by atoms with Crippen molar-refractivity contribution in [1.29, 1.82) is 0 Å². The molecule has 0 aliphatic rings. The highest BCUT2D eigenvalue weighted by molar-refractivity contribution is 5.57. The van der Waals surface area contributed by atoms with Crippen molar-refractivity contribution < 1.29 is 17.6 Å². The predicted molar refractivity (Wildman–Crippen MR) is 65.8 cm³/mol. The molecule has 4 nitrogen and oxygen atoms in total. The second kappa shape index (κ2) is 5.72. The lowest BCUT2D eigenvalue weighted by Gasteiger charge is -2.09. The molecule has 0 unspecified atom stereocenters. The zero-order valence-corrected chi connectivity index (χ0v) is 10.3. The van der Waals surface area contributed by atoms with Crippen molar-refractivity contribution in [3.8, 4) is 0 Å². The predicted octanol–water partition coefficient (Wildman–Crippen LogP) is 3.21. The molecule has 0 bridgehead atoms. The number of halogens is 4. The summed E-state index contributed by atoms with van der Waals surface area (Å²) in [7, 11) is 0. The monoisotopic (exact) mass is 286 g/mol. The number of hydrogen-bond acceptors (Lipinski definition) is 4. The van der Waals surface area contributed by atoms with Gasteiger partial charge >= 0.3 is 0 Å². The summed E-state index contributed by atoms with van der Waals surface area (Å²) in [6.07, 6.45) is 0.906. The zero-order chi connectivity index (χ0) is 14.7. The van der Waals surface area contributed by atoms with E-state index in [1.807, 2.05) is 0 Å². The molecule has 2 rings (SSSR count). The van der Waals surface area contributed by atoms with Crippen molar-refractivity contribution in [1.82, 2.24) is 9.97 Å². The molecule has 0 atom stereocenters. The minimum Gasteiger partial charge on any atom is -0.354 e. The van der Waals surface area contributed by atoms with E-state index in [0.717, 1.165) is 6.20 Å². The Labute approximate surface area is 111 Å². The third-order valence-electron chi connectivity index (χ3n) is 2.33. The van der Waals surface area contributed by atoms with Crippen molar-refractivity contribution in [3.05, 3.63) is 41.6 Å². The number of nitrogens with zero attached hydrogens (tertiary/aromatic N) is 2. The lowest BCUT2D eigenvalue weighted by molar-refractivity contribution is 0.448. The summed E-state index contributed by atoms with van der Waals surface area (Å²) < 4.78 is 52.4. The van der Waals surface area contributed by atoms with Crippen molar-refractivity contribution >= 4 is 17.5 Å². The van der Waals surface area contributed by atoms with Crippen LogP contribution in [0.15, 0.2) is 18.3 Å². The van der Waals surface area contributed by atoms with E-state index < -0.39 is 23.3 Å². The van der Waals surface area contributed by atoms with Crippen LogP contribution in [-0.2, 0) is 0 Å². The Kier molecular flexibility index (Phi) is 4.02. The number of anilines is 3. The molecule has 0 amide bonds. The molecule has 0 aliphatic carbocycles. The fourth-order valence-corrected chi connectivity index (χ4v) is 1.46. The summed E-state index contributed by atoms with van der Waals surface area (Å²) in [5.74, 6) is -5.28. The van der Waals surface area contributed by atoms with E-state index in [1.165, 1.54) is 0 Å². The van der Waals surface area contributed by atoms with E-state index in [-0.39, 0.29) is 17.5 Å². The van der Waals surface area contributed by atoms with E-state index in [0.29, 0.717) is 18.7 Å². The second-order valence-corrected chi connectivity index (χ2v) is 3.80. The third-order valence-corrected chi connectivity index (χ3v) is 2.33. The summed E-state index contributed by atoms with van der Waals surface area (Å²) in [5.41, 5.74) is -0.165. The largest absolute Gasteiger partial charge is 0.354 e. The summed E-state index contributed by atoms with van der Waals surface area (Å²) in [6, 6.07) is 1.40. The van der Waals surface area contributed by atoms with Gasteiger partial charge in [-0.05, 0) is 6.92 Å². The van der Waals surface area contributed by atoms with Gasteiger partial charge < -0.3 is 10.6 Å². The molecule has 0 saturated carbocycles. The van der Waals surface area contributed by atoms with Crippen LogP contribution in [0.2, 0.25) is 0 Å². The average molecular weight is 286 g/mol. The average Bonchev–Trinajstić information content (AvgIpc) is 2.40. The van der Waals surface area contributed by atoms with Crippen molar-refractivity contribution in [3.63, 3.8) is 0 Å². The Bertz CT molecular complexity index is 610. The molecule has 1 aromatic heterocycles. The first-order valence-electron chi connectivity index (χ1n) is 5.69. The maximum absolute atomic E-state index is 13.5. The highest BCUT2D eigenvalue weighted by Gasteiger charge is 2.13. The summed E-state index contributed by atoms with van der Waals surface area (Å²) in [5, 5.41) is 5.12. The van der Waals surface area contributed by atoms with Crippen LogP contribution in [0.4, 0.5) is 35.0 Å². The van der Waals surface area contributed by atoms with Crippen LogP contribution in [0.25, 0.3) is 0 Å². The van der Waals surface area contributed by atoms with E-state index in [4.69, 9.17) is 0 Å². The highest BCUT2D eigenvalue weighted by Crippen LogP contribution is 2.22. The molecule has 0 fully saturated rings. The van der Waals surface area contributed by atoms with Crippen LogP contribution in [0.5, 0.6) is 0 Å². The maximum Gasteiger partial charge on any atom is 0.224 e. The van der Waals surface area contributed by atoms with Crippen LogP contribution in [-0.4, -0.2) is 16.5 Å². The fourth-order valence-electron chi connectivity index (χ4n) is 1.46. The van der Waals surface area contributed by atoms with Gasteiger partial charge in [0, 0.05) is 24.4 Å². The van der Waals surface area contributed by atoms with Gasteiger partial charge in [0.25, 0.3) is 0 Å². The molecular weight excluding hydrogens is 276 g/mol. The number of hydrogen-bond donors (Lipinski definition) is 2. The smallest absolute Gasteiger partial charge is 0.224 e. The van der Waals surface area contributed by atoms with Gasteiger partial charge in [0.2, 0.25) is 5.95 Å². The number of nitrogens with one attached hydrogen (secondary N) is 2. The standard InChI is InChI=1S/C12H10F4N4/c1-2-17-12-18-5-9(15)11(20-12)19-6-3-7(13)10(16)8(14)4-6/h3-5H,2H2,1H3,(H2,17,18,19,20). The van der Waals surface area contributed by atoms with Gasteiger partial charge in [-0.1, -0.05) is 0 Å². The first-order chi connectivity index (χ1) is 9.51. The van der Waals surface area contributed by atoms with Gasteiger partial charge in [-0.3, -0.25) is 0 Å². The quantitative estimate of drug-likeness (QED) is 0.669. The molecular formula is C12H10F4N4. The van der Waals surface area contributed by atoms with Crippen LogP contribution in [0.3, 0.4) is 0 Å². The van der Waals surface area contributed by atoms with Gasteiger partial charge in [0.05, 0.1) is 6.20 Å². The molecule has 106 valence electrons. The maximum atomic E-state index is 13.5. The molecule has 2 aromatic rings. The Morgan fingerprint density at radius 1 is 1.05 bits per heavy atom. The molecule has 8 heteroatoms. The van der Waals surface area contributed by atoms with Crippen LogP contribution in [0.1, 0.15) is 6.92 Å². The SMILES string of the molecule is CCNc1ncc(F)c(Nc2cc(F)c(F)c(F)c2)n1. The van der Waals surface area contributed by atoms with E-state index in [9.17, 15) is 17.6 Å². The normalized spacial score (nSPS) is 10.4. The van der Waals surface area contributed by atoms with Gasteiger partial charge in [-0.2, -0.15) is 4.98 Å². The van der Waals surface area contributed by atoms with E-state index in [1.54, 1.807) is 6.92 Å². The summed E-state index contributed by atoms with van der Waals surface area (Å²) >= 11 is 0. The van der Waals surface area contributed by atoms with E-state index >= 15 is 0 Å². The Balaban J connectivity index is 2.32. The molecule has 20 heavy (non-hydrogen) atoms. The van der Waals surface area contributed by atoms with Gasteiger partial charge in [-0.25, -0.2) is 22.5 Å². The molecule has 1 heterocycles. The zero-order valence-electron chi connectivity index (χ0n) is 10.3. The van der Waals surface area contributed by atoms with Gasteiger partial charge in [0.15, 0.2) is 29.1 Å². The third kappa shape index (κ3) is 2.95. The lowest BCUT2D eigenvalue weighted by atomic mass is 10.3. The lowest BCUT2D eigenvalue weighted by Crippen LogP contribution is -2.06. The van der Waals surface area contributed by atoms with Crippen molar-refractivity contribution in [2.45, 2.75) is 6.92 Å². The van der Waals surface area contributed by atoms with Gasteiger partial charge in [0.1, 0.15) is 0 Å². The summed E-state index contributed by atoms with van der Waals surface area (Å²) in [4.78, 5) is 7.47. The second-order valence-electron chi connectivity index (χ2n) is 3.80. The molecule has 1 aromatic carbocycles. The summed E-state index contributed by atoms with van der Waals surface area (Å²) in [6.45, 7) is 2.31. The molecule has 0 saturated heterocycles. The minimum absolute atomic E-state index is 0.152. The Morgan fingerprint density at radius 3 is 2.30 bits per heavy atom. The van der Waals surface area contributed by atoms with Gasteiger partial charge in [-0.15, -0.1) is 0 Å². The number of benzene rings is 1. The molecule has 0 spiro atoms. The highest BCUT2D eigenvalue weighted by atomic mass is 19.2. The topological polar surface area (TPSA) is 49.8 Å². The van der Waals surface area contributed by atoms with Crippen LogP contribution in [0, 0.1) is 23.3 Å². The molecule has 0 radical (unpaired) electrons.